The van der Waals surface area contributed by atoms with E-state index < -0.39 is 18.0 Å². The minimum absolute atomic E-state index is 0.242. The van der Waals surface area contributed by atoms with Gasteiger partial charge in [-0.25, -0.2) is 9.18 Å². The molecule has 0 aliphatic heterocycles. The van der Waals surface area contributed by atoms with Gasteiger partial charge in [-0.3, -0.25) is 4.79 Å². The molecule has 0 aliphatic carbocycles. The van der Waals surface area contributed by atoms with E-state index in [0.29, 0.717) is 17.9 Å². The summed E-state index contributed by atoms with van der Waals surface area (Å²) in [4.78, 5) is 24.5. The zero-order valence-electron chi connectivity index (χ0n) is 14.1. The summed E-state index contributed by atoms with van der Waals surface area (Å²) in [5.74, 6) is -0.898. The van der Waals surface area contributed by atoms with Crippen LogP contribution in [-0.2, 0) is 9.53 Å². The molecule has 0 saturated heterocycles. The van der Waals surface area contributed by atoms with Gasteiger partial charge in [0, 0.05) is 0 Å². The summed E-state index contributed by atoms with van der Waals surface area (Å²) in [5.41, 5.74) is 0.626. The normalized spacial score (nSPS) is 11.5. The molecule has 1 N–H and O–H groups in total. The van der Waals surface area contributed by atoms with Crippen molar-refractivity contribution in [1.82, 2.24) is 0 Å². The molecule has 5 nitrogen and oxygen atoms in total. The Morgan fingerprint density at radius 1 is 1.08 bits per heavy atom. The van der Waals surface area contributed by atoms with Crippen LogP contribution < -0.4 is 10.1 Å². The van der Waals surface area contributed by atoms with Crippen LogP contribution in [0.15, 0.2) is 48.5 Å². The highest BCUT2D eigenvalue weighted by Crippen LogP contribution is 2.19. The lowest BCUT2D eigenvalue weighted by Gasteiger charge is -2.18. The van der Waals surface area contributed by atoms with Gasteiger partial charge in [-0.2, -0.15) is 0 Å². The summed E-state index contributed by atoms with van der Waals surface area (Å²) in [5, 5.41) is 2.69. The molecule has 2 rings (SSSR count). The number of carbonyl (C=O) groups excluding carboxylic acids is 2. The first-order valence-electron chi connectivity index (χ1n) is 8.04. The summed E-state index contributed by atoms with van der Waals surface area (Å²) in [6, 6.07) is 12.0. The van der Waals surface area contributed by atoms with Crippen molar-refractivity contribution in [3.8, 4) is 5.75 Å². The molecule has 6 heteroatoms. The van der Waals surface area contributed by atoms with Crippen LogP contribution in [0.3, 0.4) is 0 Å². The number of hydrogen-bond donors (Lipinski definition) is 1. The van der Waals surface area contributed by atoms with Crippen molar-refractivity contribution in [2.75, 3.05) is 11.9 Å². The van der Waals surface area contributed by atoms with Crippen molar-refractivity contribution >= 4 is 17.6 Å². The summed E-state index contributed by atoms with van der Waals surface area (Å²) in [6.07, 6.45) is -0.370. The van der Waals surface area contributed by atoms with Crippen LogP contribution in [0.2, 0.25) is 0 Å². The monoisotopic (exact) mass is 345 g/mol. The Hall–Kier alpha value is -2.89. The molecule has 0 radical (unpaired) electrons. The maximum Gasteiger partial charge on any atom is 0.340 e. The second kappa shape index (κ2) is 8.82. The van der Waals surface area contributed by atoms with E-state index in [2.05, 4.69) is 5.32 Å². The van der Waals surface area contributed by atoms with Crippen molar-refractivity contribution in [3.63, 3.8) is 0 Å². The second-order valence-corrected chi connectivity index (χ2v) is 5.22. The molecule has 0 aromatic heterocycles. The van der Waals surface area contributed by atoms with E-state index in [1.54, 1.807) is 38.1 Å². The van der Waals surface area contributed by atoms with Crippen LogP contribution >= 0.6 is 0 Å². The summed E-state index contributed by atoms with van der Waals surface area (Å²) in [7, 11) is 0. The molecule has 0 bridgehead atoms. The number of nitrogens with one attached hydrogen (secondary N) is 1. The minimum Gasteiger partial charge on any atom is -0.481 e. The fourth-order valence-corrected chi connectivity index (χ4v) is 2.19. The van der Waals surface area contributed by atoms with Crippen LogP contribution in [0.25, 0.3) is 0 Å². The fraction of sp³-hybridized carbons (Fsp3) is 0.263. The smallest absolute Gasteiger partial charge is 0.340 e. The molecule has 0 aliphatic rings. The van der Waals surface area contributed by atoms with E-state index in [4.69, 9.17) is 9.47 Å². The van der Waals surface area contributed by atoms with E-state index in [1.807, 2.05) is 0 Å². The molecule has 2 aromatic rings. The maximum absolute atomic E-state index is 13.0. The zero-order chi connectivity index (χ0) is 18.2. The topological polar surface area (TPSA) is 64.6 Å². The van der Waals surface area contributed by atoms with Crippen LogP contribution in [0, 0.1) is 5.82 Å². The van der Waals surface area contributed by atoms with Crippen molar-refractivity contribution in [2.24, 2.45) is 0 Å². The van der Waals surface area contributed by atoms with Gasteiger partial charge in [0.1, 0.15) is 11.6 Å². The van der Waals surface area contributed by atoms with Crippen molar-refractivity contribution < 1.29 is 23.5 Å². The van der Waals surface area contributed by atoms with E-state index in [-0.39, 0.29) is 18.0 Å². The van der Waals surface area contributed by atoms with Crippen LogP contribution in [0.1, 0.15) is 30.6 Å². The van der Waals surface area contributed by atoms with Crippen molar-refractivity contribution in [3.05, 3.63) is 59.9 Å². The van der Waals surface area contributed by atoms with Gasteiger partial charge >= 0.3 is 5.97 Å². The number of esters is 1. The van der Waals surface area contributed by atoms with Gasteiger partial charge in [0.05, 0.1) is 17.9 Å². The lowest BCUT2D eigenvalue weighted by atomic mass is 10.1. The van der Waals surface area contributed by atoms with E-state index >= 15 is 0 Å². The number of carbonyl (C=O) groups is 2. The molecule has 1 unspecified atom stereocenters. The van der Waals surface area contributed by atoms with Crippen LogP contribution in [-0.4, -0.2) is 24.6 Å². The van der Waals surface area contributed by atoms with Gasteiger partial charge in [-0.05, 0) is 49.7 Å². The van der Waals surface area contributed by atoms with Crippen LogP contribution in [0.5, 0.6) is 5.75 Å². The largest absolute Gasteiger partial charge is 0.481 e. The number of anilines is 1. The Morgan fingerprint density at radius 3 is 2.40 bits per heavy atom. The molecule has 1 amide bonds. The molecule has 132 valence electrons. The molecule has 0 saturated carbocycles. The van der Waals surface area contributed by atoms with Crippen molar-refractivity contribution in [2.45, 2.75) is 26.4 Å². The Balaban J connectivity index is 2.11. The molecule has 1 atom stereocenters. The molecule has 0 heterocycles. The zero-order valence-corrected chi connectivity index (χ0v) is 14.1. The Morgan fingerprint density at radius 2 is 1.76 bits per heavy atom. The minimum atomic E-state index is -0.777. The lowest BCUT2D eigenvalue weighted by molar-refractivity contribution is -0.122. The summed E-state index contributed by atoms with van der Waals surface area (Å²) < 4.78 is 23.5. The highest BCUT2D eigenvalue weighted by atomic mass is 19.1. The number of benzene rings is 2. The van der Waals surface area contributed by atoms with Gasteiger partial charge < -0.3 is 14.8 Å². The molecule has 2 aromatic carbocycles. The van der Waals surface area contributed by atoms with Gasteiger partial charge in [-0.1, -0.05) is 19.1 Å². The van der Waals surface area contributed by atoms with E-state index in [0.717, 1.165) is 0 Å². The third-order valence-corrected chi connectivity index (χ3v) is 3.44. The van der Waals surface area contributed by atoms with Gasteiger partial charge in [0.15, 0.2) is 6.10 Å². The van der Waals surface area contributed by atoms with Crippen molar-refractivity contribution in [1.29, 1.82) is 0 Å². The number of ether oxygens (including phenoxy) is 2. The third kappa shape index (κ3) is 5.04. The van der Waals surface area contributed by atoms with Crippen LogP contribution in [0.4, 0.5) is 10.1 Å². The second-order valence-electron chi connectivity index (χ2n) is 5.22. The number of hydrogen-bond acceptors (Lipinski definition) is 4. The highest BCUT2D eigenvalue weighted by Gasteiger charge is 2.21. The number of rotatable bonds is 7. The van der Waals surface area contributed by atoms with Gasteiger partial charge in [0.2, 0.25) is 0 Å². The first-order valence-corrected chi connectivity index (χ1v) is 8.04. The first kappa shape index (κ1) is 18.4. The van der Waals surface area contributed by atoms with E-state index in [9.17, 15) is 14.0 Å². The Kier molecular flexibility index (Phi) is 6.51. The predicted molar refractivity (Wildman–Crippen MR) is 92.1 cm³/mol. The molecule has 0 fully saturated rings. The van der Waals surface area contributed by atoms with Gasteiger partial charge in [0.25, 0.3) is 5.91 Å². The third-order valence-electron chi connectivity index (χ3n) is 3.44. The predicted octanol–water partition coefficient (Wildman–Crippen LogP) is 3.80. The molecular weight excluding hydrogens is 325 g/mol. The Bertz CT molecular complexity index is 730. The highest BCUT2D eigenvalue weighted by molar-refractivity contribution is 6.02. The molecule has 25 heavy (non-hydrogen) atoms. The molecular formula is C19H20FNO4. The average Bonchev–Trinajstić information content (AvgIpc) is 2.61. The fourth-order valence-electron chi connectivity index (χ4n) is 2.19. The number of halogens is 1. The SMILES string of the molecule is CCOC(=O)c1ccccc1NC(=O)C(CC)Oc1ccc(F)cc1. The molecule has 0 spiro atoms. The van der Waals surface area contributed by atoms with E-state index in [1.165, 1.54) is 24.3 Å². The average molecular weight is 345 g/mol. The standard InChI is InChI=1S/C19H20FNO4/c1-3-17(25-14-11-9-13(20)10-12-14)18(22)21-16-8-6-5-7-15(16)19(23)24-4-2/h5-12,17H,3-4H2,1-2H3,(H,21,22). The Labute approximate surface area is 145 Å². The lowest BCUT2D eigenvalue weighted by Crippen LogP contribution is -2.33. The maximum atomic E-state index is 13.0. The number of para-hydroxylation sites is 1. The quantitative estimate of drug-likeness (QED) is 0.775. The summed E-state index contributed by atoms with van der Waals surface area (Å²) in [6.45, 7) is 3.75. The first-order chi connectivity index (χ1) is 12.0. The van der Waals surface area contributed by atoms with Gasteiger partial charge in [-0.15, -0.1) is 0 Å². The summed E-state index contributed by atoms with van der Waals surface area (Å²) >= 11 is 0. The number of amides is 1.